The fourth-order valence-electron chi connectivity index (χ4n) is 0.905. The van der Waals surface area contributed by atoms with Crippen molar-refractivity contribution in [1.29, 1.82) is 0 Å². The van der Waals surface area contributed by atoms with E-state index in [4.69, 9.17) is 10.3 Å². The van der Waals surface area contributed by atoms with Crippen molar-refractivity contribution in [3.8, 4) is 0 Å². The molecule has 0 aromatic heterocycles. The maximum Gasteiger partial charge on any atom is 0.355 e. The summed E-state index contributed by atoms with van der Waals surface area (Å²) in [5.74, 6) is 0. The molecule has 0 aliphatic rings. The topological polar surface area (TPSA) is 139 Å². The van der Waals surface area contributed by atoms with Crippen molar-refractivity contribution < 1.29 is 18.0 Å². The second kappa shape index (κ2) is 4.30. The van der Waals surface area contributed by atoms with Gasteiger partial charge >= 0.3 is 10.3 Å². The van der Waals surface area contributed by atoms with Crippen LogP contribution in [-0.2, 0) is 10.3 Å². The van der Waals surface area contributed by atoms with Gasteiger partial charge in [-0.3, -0.25) is 4.55 Å². The molecule has 0 unspecified atom stereocenters. The molecule has 0 spiro atoms. The van der Waals surface area contributed by atoms with Crippen LogP contribution in [0.3, 0.4) is 0 Å². The zero-order valence-corrected chi connectivity index (χ0v) is 8.59. The second-order valence-corrected chi connectivity index (χ2v) is 3.84. The summed E-state index contributed by atoms with van der Waals surface area (Å²) in [6.07, 6.45) is 0. The molecule has 9 nitrogen and oxygen atoms in total. The lowest BCUT2D eigenvalue weighted by Crippen LogP contribution is -2.45. The van der Waals surface area contributed by atoms with E-state index >= 15 is 0 Å². The van der Waals surface area contributed by atoms with Crippen molar-refractivity contribution in [3.05, 3.63) is 34.4 Å². The average Bonchev–Trinajstić information content (AvgIpc) is 2.14. The maximum atomic E-state index is 10.5. The van der Waals surface area contributed by atoms with Gasteiger partial charge in [-0.1, -0.05) is 0 Å². The van der Waals surface area contributed by atoms with E-state index in [1.165, 1.54) is 29.1 Å². The van der Waals surface area contributed by atoms with E-state index in [-0.39, 0.29) is 10.8 Å². The number of nitrogen functional groups attached to an aromatic ring is 1. The molecular formula is C6H8N4O5S. The van der Waals surface area contributed by atoms with Crippen molar-refractivity contribution in [3.63, 3.8) is 0 Å². The minimum absolute atomic E-state index is 0.0504. The van der Waals surface area contributed by atoms with Gasteiger partial charge in [-0.15, -0.1) is 0 Å². The highest BCUT2D eigenvalue weighted by Crippen LogP contribution is 2.14. The molecule has 16 heavy (non-hydrogen) atoms. The third-order valence-corrected chi connectivity index (χ3v) is 1.91. The fraction of sp³-hybridized carbons (Fsp3) is 0. The summed E-state index contributed by atoms with van der Waals surface area (Å²) in [6, 6.07) is 5.13. The summed E-state index contributed by atoms with van der Waals surface area (Å²) >= 11 is 0. The zero-order valence-electron chi connectivity index (χ0n) is 7.77. The predicted molar refractivity (Wildman–Crippen MR) is 55.0 cm³/mol. The normalized spacial score (nSPS) is 11.1. The fourth-order valence-corrected chi connectivity index (χ4v) is 1.30. The monoisotopic (exact) mass is 248 g/mol. The van der Waals surface area contributed by atoms with Crippen LogP contribution in [0.15, 0.2) is 24.3 Å². The lowest BCUT2D eigenvalue weighted by atomic mass is 10.3. The van der Waals surface area contributed by atoms with Gasteiger partial charge in [0, 0.05) is 5.69 Å². The van der Waals surface area contributed by atoms with Crippen molar-refractivity contribution >= 4 is 21.7 Å². The third kappa shape index (κ3) is 3.34. The Kier molecular flexibility index (Phi) is 3.27. The molecule has 1 rings (SSSR count). The average molecular weight is 248 g/mol. The predicted octanol–water partition coefficient (Wildman–Crippen LogP) is -0.426. The molecule has 0 bridgehead atoms. The number of nitrogens with one attached hydrogen (secondary N) is 1. The maximum absolute atomic E-state index is 10.5. The van der Waals surface area contributed by atoms with E-state index < -0.39 is 15.3 Å². The van der Waals surface area contributed by atoms with E-state index in [0.717, 1.165) is 0 Å². The van der Waals surface area contributed by atoms with Gasteiger partial charge in [-0.2, -0.15) is 8.42 Å². The number of nitro groups is 1. The van der Waals surface area contributed by atoms with Crippen LogP contribution < -0.4 is 15.7 Å². The zero-order chi connectivity index (χ0) is 12.3. The summed E-state index contributed by atoms with van der Waals surface area (Å²) in [4.78, 5) is 11.8. The second-order valence-electron chi connectivity index (χ2n) is 2.71. The van der Waals surface area contributed by atoms with Gasteiger partial charge in [0.05, 0.1) is 0 Å². The van der Waals surface area contributed by atoms with Crippen LogP contribution in [0.1, 0.15) is 0 Å². The number of benzene rings is 1. The summed E-state index contributed by atoms with van der Waals surface area (Å²) in [5.41, 5.74) is 5.61. The first-order chi connectivity index (χ1) is 7.29. The number of hydrazine groups is 2. The highest BCUT2D eigenvalue weighted by Gasteiger charge is 2.22. The summed E-state index contributed by atoms with van der Waals surface area (Å²) in [5, 5.41) is 9.53. The summed E-state index contributed by atoms with van der Waals surface area (Å²) in [7, 11) is -4.72. The Balaban J connectivity index is 3.03. The summed E-state index contributed by atoms with van der Waals surface area (Å²) < 4.78 is 29.4. The largest absolute Gasteiger partial charge is 0.399 e. The van der Waals surface area contributed by atoms with Gasteiger partial charge in [0.1, 0.15) is 5.69 Å². The number of anilines is 2. The summed E-state index contributed by atoms with van der Waals surface area (Å²) in [6.45, 7) is 0. The van der Waals surface area contributed by atoms with Crippen LogP contribution in [0.2, 0.25) is 0 Å². The molecule has 1 aromatic rings. The Hall–Kier alpha value is -1.91. The molecule has 0 heterocycles. The first-order valence-electron chi connectivity index (χ1n) is 3.84. The number of rotatable bonds is 4. The van der Waals surface area contributed by atoms with E-state index in [9.17, 15) is 18.5 Å². The van der Waals surface area contributed by atoms with Crippen LogP contribution >= 0.6 is 0 Å². The molecule has 0 atom stereocenters. The Morgan fingerprint density at radius 2 is 1.88 bits per heavy atom. The quantitative estimate of drug-likeness (QED) is 0.284. The lowest BCUT2D eigenvalue weighted by Gasteiger charge is -2.12. The van der Waals surface area contributed by atoms with Gasteiger partial charge < -0.3 is 5.73 Å². The van der Waals surface area contributed by atoms with Crippen LogP contribution in [0.4, 0.5) is 11.4 Å². The van der Waals surface area contributed by atoms with Crippen molar-refractivity contribution in [2.24, 2.45) is 0 Å². The highest BCUT2D eigenvalue weighted by atomic mass is 32.2. The van der Waals surface area contributed by atoms with Crippen LogP contribution in [0.5, 0.6) is 0 Å². The third-order valence-electron chi connectivity index (χ3n) is 1.50. The van der Waals surface area contributed by atoms with Gasteiger partial charge in [-0.25, -0.2) is 10.1 Å². The molecule has 0 radical (unpaired) electrons. The number of nitrogens with two attached hydrogens (primary N) is 1. The molecule has 0 fully saturated rings. The van der Waals surface area contributed by atoms with Gasteiger partial charge in [-0.05, 0) is 34.2 Å². The number of hydrogen-bond donors (Lipinski definition) is 3. The molecule has 4 N–H and O–H groups in total. The Bertz CT molecular complexity index is 484. The Labute approximate surface area is 90.4 Å². The Morgan fingerprint density at radius 1 is 1.38 bits per heavy atom. The lowest BCUT2D eigenvalue weighted by molar-refractivity contribution is -0.500. The molecule has 10 heteroatoms. The molecule has 88 valence electrons. The van der Waals surface area contributed by atoms with Crippen LogP contribution in [0.25, 0.3) is 0 Å². The minimum atomic E-state index is -4.72. The van der Waals surface area contributed by atoms with Crippen molar-refractivity contribution in [2.75, 3.05) is 10.9 Å². The number of nitrogens with zero attached hydrogens (tertiary/aromatic N) is 2. The van der Waals surface area contributed by atoms with Gasteiger partial charge in [0.2, 0.25) is 0 Å². The van der Waals surface area contributed by atoms with Gasteiger partial charge in [0.15, 0.2) is 5.03 Å². The first-order valence-corrected chi connectivity index (χ1v) is 5.28. The number of hydrogen-bond acceptors (Lipinski definition) is 5. The molecule has 0 saturated carbocycles. The Morgan fingerprint density at radius 3 is 2.25 bits per heavy atom. The van der Waals surface area contributed by atoms with E-state index in [1.54, 1.807) is 0 Å². The minimum Gasteiger partial charge on any atom is -0.399 e. The van der Waals surface area contributed by atoms with E-state index in [1.807, 2.05) is 0 Å². The highest BCUT2D eigenvalue weighted by molar-refractivity contribution is 7.83. The first kappa shape index (κ1) is 12.2. The van der Waals surface area contributed by atoms with Crippen molar-refractivity contribution in [2.45, 2.75) is 0 Å². The standard InChI is InChI=1S/C6H8N4O5S/c7-5-1-3-6(4-2-5)9(10(11)12)8-16(13,14)15/h1-4,8H,7H2,(H,13,14,15). The SMILES string of the molecule is Nc1ccc(N(NS(=O)(=O)O)[N+](=O)[O-])cc1. The molecule has 0 aliphatic carbocycles. The molecule has 0 amide bonds. The smallest absolute Gasteiger partial charge is 0.355 e. The van der Waals surface area contributed by atoms with Crippen LogP contribution in [-0.4, -0.2) is 18.0 Å². The molecule has 1 aromatic carbocycles. The molecular weight excluding hydrogens is 240 g/mol. The van der Waals surface area contributed by atoms with Crippen molar-refractivity contribution in [1.82, 2.24) is 4.83 Å². The van der Waals surface area contributed by atoms with E-state index in [0.29, 0.717) is 5.69 Å². The molecule has 0 aliphatic heterocycles. The molecule has 0 saturated heterocycles. The van der Waals surface area contributed by atoms with E-state index in [2.05, 4.69) is 0 Å². The van der Waals surface area contributed by atoms with Gasteiger partial charge in [0.25, 0.3) is 0 Å². The van der Waals surface area contributed by atoms with Crippen LogP contribution in [0, 0.1) is 10.1 Å².